The fourth-order valence-corrected chi connectivity index (χ4v) is 2.44. The first-order valence-electron chi connectivity index (χ1n) is 10.0. The van der Waals surface area contributed by atoms with E-state index in [4.69, 9.17) is 4.74 Å². The van der Waals surface area contributed by atoms with Gasteiger partial charge >= 0.3 is 0 Å². The normalized spacial score (nSPS) is 19.9. The fraction of sp³-hybridized carbons (Fsp3) is 0.520. The molecule has 2 nitrogen and oxygen atoms in total. The van der Waals surface area contributed by atoms with Gasteiger partial charge in [0.15, 0.2) is 0 Å². The molecule has 2 heteroatoms. The minimum absolute atomic E-state index is 0.131. The molecule has 2 unspecified atom stereocenters. The minimum Gasteiger partial charge on any atom is -0.490 e. The number of ether oxygens (including phenoxy) is 1. The molecule has 0 fully saturated rings. The zero-order valence-electron chi connectivity index (χ0n) is 18.9. The van der Waals surface area contributed by atoms with Crippen LogP contribution < -0.4 is 5.32 Å². The van der Waals surface area contributed by atoms with Crippen molar-refractivity contribution in [1.82, 2.24) is 5.32 Å². The van der Waals surface area contributed by atoms with E-state index in [-0.39, 0.29) is 11.5 Å². The van der Waals surface area contributed by atoms with Crippen LogP contribution in [0.15, 0.2) is 72.2 Å². The van der Waals surface area contributed by atoms with Crippen molar-refractivity contribution >= 4 is 0 Å². The van der Waals surface area contributed by atoms with Crippen molar-refractivity contribution in [2.24, 2.45) is 11.3 Å². The maximum absolute atomic E-state index is 6.01. The van der Waals surface area contributed by atoms with E-state index in [0.717, 1.165) is 29.9 Å². The Morgan fingerprint density at radius 2 is 1.89 bits per heavy atom. The number of likely N-dealkylation sites (N-methyl/N-ethyl adjacent to an activating group) is 1. The van der Waals surface area contributed by atoms with E-state index in [1.54, 1.807) is 0 Å². The molecular formula is C25H41NO. The zero-order valence-corrected chi connectivity index (χ0v) is 18.9. The highest BCUT2D eigenvalue weighted by Gasteiger charge is 2.23. The Kier molecular flexibility index (Phi) is 11.5. The van der Waals surface area contributed by atoms with Gasteiger partial charge in [0.2, 0.25) is 0 Å². The summed E-state index contributed by atoms with van der Waals surface area (Å²) in [5, 5.41) is 2.92. The van der Waals surface area contributed by atoms with Gasteiger partial charge in [0, 0.05) is 18.7 Å². The number of rotatable bonds is 7. The first-order chi connectivity index (χ1) is 12.5. The number of hydrogen-bond acceptors (Lipinski definition) is 2. The molecule has 0 spiro atoms. The van der Waals surface area contributed by atoms with E-state index in [0.29, 0.717) is 5.92 Å². The van der Waals surface area contributed by atoms with Crippen molar-refractivity contribution in [2.75, 3.05) is 7.05 Å². The molecule has 1 rings (SSSR count). The van der Waals surface area contributed by atoms with Crippen molar-refractivity contribution in [3.05, 3.63) is 72.2 Å². The molecule has 0 heterocycles. The lowest BCUT2D eigenvalue weighted by atomic mass is 9.80. The Morgan fingerprint density at radius 1 is 1.26 bits per heavy atom. The lowest BCUT2D eigenvalue weighted by Crippen LogP contribution is -2.23. The van der Waals surface area contributed by atoms with Gasteiger partial charge in [0.25, 0.3) is 0 Å². The zero-order chi connectivity index (χ0) is 21.0. The summed E-state index contributed by atoms with van der Waals surface area (Å²) < 4.78 is 6.01. The van der Waals surface area contributed by atoms with Crippen LogP contribution in [0.25, 0.3) is 0 Å². The molecule has 0 bridgehead atoms. The molecule has 0 saturated carbocycles. The molecule has 2 atom stereocenters. The number of hydrogen-bond donors (Lipinski definition) is 1. The third-order valence-electron chi connectivity index (χ3n) is 4.35. The van der Waals surface area contributed by atoms with Gasteiger partial charge in [-0.1, -0.05) is 78.5 Å². The van der Waals surface area contributed by atoms with E-state index >= 15 is 0 Å². The molecule has 0 amide bonds. The molecule has 0 aromatic carbocycles. The van der Waals surface area contributed by atoms with Crippen LogP contribution >= 0.6 is 0 Å². The topological polar surface area (TPSA) is 21.3 Å². The molecular weight excluding hydrogens is 330 g/mol. The van der Waals surface area contributed by atoms with Gasteiger partial charge in [-0.2, -0.15) is 0 Å². The standard InChI is InChI=1S/C18H28O.C7H13N/c1-8-13(2)11-15(4)19-17-10-9-16(12-14(17)3)18(5,6)7;1-4-5-6-7(2)8-3/h9-12,14,17H,2,8H2,1,3-7H3;5-6,8H,2,4H2,1,3H3/b15-11+;6-5-. The molecule has 27 heavy (non-hydrogen) atoms. The van der Waals surface area contributed by atoms with Gasteiger partial charge in [0.1, 0.15) is 6.10 Å². The molecule has 0 aromatic rings. The van der Waals surface area contributed by atoms with Crippen LogP contribution in [0.4, 0.5) is 0 Å². The van der Waals surface area contributed by atoms with Crippen molar-refractivity contribution in [2.45, 2.75) is 67.4 Å². The number of allylic oxidation sites excluding steroid dienone is 7. The second-order valence-corrected chi connectivity index (χ2v) is 8.03. The molecule has 0 aliphatic heterocycles. The van der Waals surface area contributed by atoms with Gasteiger partial charge in [-0.05, 0) is 49.0 Å². The predicted molar refractivity (Wildman–Crippen MR) is 122 cm³/mol. The molecule has 152 valence electrons. The molecule has 0 radical (unpaired) electrons. The fourth-order valence-electron chi connectivity index (χ4n) is 2.44. The minimum atomic E-state index is 0.131. The third-order valence-corrected chi connectivity index (χ3v) is 4.35. The summed E-state index contributed by atoms with van der Waals surface area (Å²) in [6.45, 7) is 22.8. The van der Waals surface area contributed by atoms with E-state index in [2.05, 4.69) is 84.3 Å². The summed E-state index contributed by atoms with van der Waals surface area (Å²) in [5.41, 5.74) is 3.67. The summed E-state index contributed by atoms with van der Waals surface area (Å²) in [4.78, 5) is 0. The van der Waals surface area contributed by atoms with Crippen molar-refractivity contribution in [3.8, 4) is 0 Å². The first kappa shape index (κ1) is 25.0. The molecule has 0 saturated heterocycles. The molecule has 1 aliphatic carbocycles. The summed E-state index contributed by atoms with van der Waals surface area (Å²) in [6, 6.07) is 0. The van der Waals surface area contributed by atoms with Gasteiger partial charge in [-0.3, -0.25) is 0 Å². The smallest absolute Gasteiger partial charge is 0.123 e. The second kappa shape index (κ2) is 12.4. The number of nitrogens with one attached hydrogen (secondary N) is 1. The lowest BCUT2D eigenvalue weighted by molar-refractivity contribution is 0.124. The van der Waals surface area contributed by atoms with E-state index < -0.39 is 0 Å². The summed E-state index contributed by atoms with van der Waals surface area (Å²) in [7, 11) is 1.86. The maximum atomic E-state index is 6.01. The third kappa shape index (κ3) is 10.7. The maximum Gasteiger partial charge on any atom is 0.123 e. The van der Waals surface area contributed by atoms with Crippen molar-refractivity contribution in [1.29, 1.82) is 0 Å². The molecule has 0 aromatic heterocycles. The van der Waals surface area contributed by atoms with Crippen LogP contribution in [0.2, 0.25) is 0 Å². The van der Waals surface area contributed by atoms with Crippen LogP contribution in [0.5, 0.6) is 0 Å². The Morgan fingerprint density at radius 3 is 2.33 bits per heavy atom. The highest BCUT2D eigenvalue weighted by Crippen LogP contribution is 2.32. The Hall–Kier alpha value is -1.96. The van der Waals surface area contributed by atoms with Gasteiger partial charge in [-0.15, -0.1) is 0 Å². The van der Waals surface area contributed by atoms with Crippen molar-refractivity contribution < 1.29 is 4.74 Å². The highest BCUT2D eigenvalue weighted by atomic mass is 16.5. The average Bonchev–Trinajstić information content (AvgIpc) is 2.60. The first-order valence-corrected chi connectivity index (χ1v) is 10.0. The van der Waals surface area contributed by atoms with Gasteiger partial charge in [0.05, 0.1) is 5.76 Å². The van der Waals surface area contributed by atoms with Gasteiger partial charge < -0.3 is 10.1 Å². The Labute approximate surface area is 168 Å². The Balaban J connectivity index is 0.000000713. The Bertz CT molecular complexity index is 596. The van der Waals surface area contributed by atoms with E-state index in [1.807, 2.05) is 26.1 Å². The SMILES string of the molecule is C=C(/C=C(\C)OC1C=CC(C(C)(C)C)=CC1C)CC.C=C(/C=C\CC)NC. The van der Waals surface area contributed by atoms with Crippen LogP contribution in [0.1, 0.15) is 61.3 Å². The second-order valence-electron chi connectivity index (χ2n) is 8.03. The predicted octanol–water partition coefficient (Wildman–Crippen LogP) is 7.11. The summed E-state index contributed by atoms with van der Waals surface area (Å²) in [6.07, 6.45) is 14.9. The van der Waals surface area contributed by atoms with E-state index in [9.17, 15) is 0 Å². The summed E-state index contributed by atoms with van der Waals surface area (Å²) in [5.74, 6) is 1.35. The van der Waals surface area contributed by atoms with Crippen LogP contribution in [0.3, 0.4) is 0 Å². The van der Waals surface area contributed by atoms with Crippen molar-refractivity contribution in [3.63, 3.8) is 0 Å². The molecule has 1 N–H and O–H groups in total. The van der Waals surface area contributed by atoms with Crippen LogP contribution in [0, 0.1) is 11.3 Å². The summed E-state index contributed by atoms with van der Waals surface area (Å²) >= 11 is 0. The lowest BCUT2D eigenvalue weighted by Gasteiger charge is -2.29. The highest BCUT2D eigenvalue weighted by molar-refractivity contribution is 5.31. The quantitative estimate of drug-likeness (QED) is 0.380. The monoisotopic (exact) mass is 371 g/mol. The average molecular weight is 372 g/mol. The largest absolute Gasteiger partial charge is 0.490 e. The van der Waals surface area contributed by atoms with E-state index in [1.165, 1.54) is 5.57 Å². The van der Waals surface area contributed by atoms with Crippen LogP contribution in [-0.4, -0.2) is 13.2 Å². The van der Waals surface area contributed by atoms with Crippen LogP contribution in [-0.2, 0) is 4.74 Å². The molecule has 1 aliphatic rings. The van der Waals surface area contributed by atoms with Gasteiger partial charge in [-0.25, -0.2) is 0 Å².